The average Bonchev–Trinajstić information content (AvgIpc) is 2.15. The van der Waals surface area contributed by atoms with Crippen molar-refractivity contribution in [2.75, 3.05) is 33.7 Å². The zero-order valence-electron chi connectivity index (χ0n) is 10.3. The van der Waals surface area contributed by atoms with Crippen LogP contribution in [0.3, 0.4) is 0 Å². The van der Waals surface area contributed by atoms with Crippen molar-refractivity contribution >= 4 is 5.84 Å². The highest BCUT2D eigenvalue weighted by atomic mass is 16.4. The highest BCUT2D eigenvalue weighted by Gasteiger charge is 2.10. The smallest absolute Gasteiger partial charge is 0.153 e. The lowest BCUT2D eigenvalue weighted by atomic mass is 10.2. The van der Waals surface area contributed by atoms with Gasteiger partial charge in [-0.05, 0) is 40.9 Å². The molecule has 0 atom stereocenters. The van der Waals surface area contributed by atoms with Crippen LogP contribution in [0.5, 0.6) is 0 Å². The number of hydrogen-bond donors (Lipinski definition) is 2. The lowest BCUT2D eigenvalue weighted by Gasteiger charge is -2.26. The van der Waals surface area contributed by atoms with Crippen molar-refractivity contribution in [3.05, 3.63) is 0 Å². The lowest BCUT2D eigenvalue weighted by Crippen LogP contribution is -2.40. The van der Waals surface area contributed by atoms with Crippen LogP contribution in [0.4, 0.5) is 0 Å². The number of amidine groups is 1. The fourth-order valence-corrected chi connectivity index (χ4v) is 1.35. The second kappa shape index (κ2) is 7.48. The van der Waals surface area contributed by atoms with Crippen LogP contribution in [-0.2, 0) is 0 Å². The molecule has 0 aliphatic rings. The maximum atomic E-state index is 8.51. The van der Waals surface area contributed by atoms with Gasteiger partial charge in [-0.15, -0.1) is 0 Å². The van der Waals surface area contributed by atoms with E-state index >= 15 is 0 Å². The summed E-state index contributed by atoms with van der Waals surface area (Å²) in [6, 6.07) is 0.410. The molecule has 90 valence electrons. The van der Waals surface area contributed by atoms with Gasteiger partial charge in [-0.3, -0.25) is 4.90 Å². The number of nitrogens with two attached hydrogens (primary N) is 1. The Morgan fingerprint density at radius 3 is 2.33 bits per heavy atom. The second-order valence-electron chi connectivity index (χ2n) is 4.31. The minimum Gasteiger partial charge on any atom is -0.409 e. The monoisotopic (exact) mass is 216 g/mol. The van der Waals surface area contributed by atoms with E-state index in [9.17, 15) is 0 Å². The quantitative estimate of drug-likeness (QED) is 0.280. The van der Waals surface area contributed by atoms with E-state index in [4.69, 9.17) is 10.9 Å². The first-order valence-electron chi connectivity index (χ1n) is 5.32. The number of hydrogen-bond acceptors (Lipinski definition) is 4. The van der Waals surface area contributed by atoms with Crippen LogP contribution in [0, 0.1) is 0 Å². The Hall–Kier alpha value is -0.810. The van der Waals surface area contributed by atoms with Crippen molar-refractivity contribution < 1.29 is 5.21 Å². The van der Waals surface area contributed by atoms with Crippen LogP contribution in [0.2, 0.25) is 0 Å². The molecule has 0 saturated carbocycles. The average molecular weight is 216 g/mol. The maximum absolute atomic E-state index is 8.51. The Balaban J connectivity index is 3.94. The third kappa shape index (κ3) is 7.16. The van der Waals surface area contributed by atoms with Crippen LogP contribution in [0.1, 0.15) is 20.3 Å². The van der Waals surface area contributed by atoms with Gasteiger partial charge in [-0.2, -0.15) is 0 Å². The minimum atomic E-state index is 0.272. The molecule has 3 N–H and O–H groups in total. The summed E-state index contributed by atoms with van der Waals surface area (Å²) in [6.07, 6.45) is 1.09. The van der Waals surface area contributed by atoms with Gasteiger partial charge in [0.2, 0.25) is 0 Å². The van der Waals surface area contributed by atoms with Gasteiger partial charge in [0.05, 0.1) is 6.54 Å². The standard InChI is InChI=1S/C10H24N4O/c1-9(2)14(8-10(11)12-15)7-5-6-13(3)4/h9,15H,5-8H2,1-4H3,(H2,11,12). The van der Waals surface area contributed by atoms with E-state index in [1.54, 1.807) is 0 Å². The van der Waals surface area contributed by atoms with Gasteiger partial charge in [0.1, 0.15) is 0 Å². The number of rotatable bonds is 7. The van der Waals surface area contributed by atoms with Crippen molar-refractivity contribution in [2.45, 2.75) is 26.3 Å². The van der Waals surface area contributed by atoms with E-state index in [1.165, 1.54) is 0 Å². The molecule has 0 unspecified atom stereocenters. The van der Waals surface area contributed by atoms with Crippen molar-refractivity contribution in [1.82, 2.24) is 9.80 Å². The van der Waals surface area contributed by atoms with Crippen molar-refractivity contribution in [3.8, 4) is 0 Å². The molecule has 15 heavy (non-hydrogen) atoms. The molecule has 0 amide bonds. The van der Waals surface area contributed by atoms with Crippen LogP contribution in [-0.4, -0.2) is 60.6 Å². The van der Waals surface area contributed by atoms with Gasteiger partial charge in [0.15, 0.2) is 5.84 Å². The number of nitrogens with zero attached hydrogens (tertiary/aromatic N) is 3. The summed E-state index contributed by atoms with van der Waals surface area (Å²) in [6.45, 7) is 6.77. The Labute approximate surface area is 92.5 Å². The van der Waals surface area contributed by atoms with E-state index in [2.05, 4.69) is 42.9 Å². The molecule has 0 fully saturated rings. The summed E-state index contributed by atoms with van der Waals surface area (Å²) in [7, 11) is 4.12. The Bertz CT molecular complexity index is 192. The first-order chi connectivity index (χ1) is 6.97. The fourth-order valence-electron chi connectivity index (χ4n) is 1.35. The predicted molar refractivity (Wildman–Crippen MR) is 63.3 cm³/mol. The van der Waals surface area contributed by atoms with Crippen molar-refractivity contribution in [3.63, 3.8) is 0 Å². The topological polar surface area (TPSA) is 65.1 Å². The number of oxime groups is 1. The minimum absolute atomic E-state index is 0.272. The predicted octanol–water partition coefficient (Wildman–Crippen LogP) is 0.395. The molecule has 0 rings (SSSR count). The molecule has 0 bridgehead atoms. The van der Waals surface area contributed by atoms with Gasteiger partial charge in [-0.25, -0.2) is 0 Å². The normalized spacial score (nSPS) is 13.1. The van der Waals surface area contributed by atoms with Crippen LogP contribution >= 0.6 is 0 Å². The summed E-state index contributed by atoms with van der Waals surface area (Å²) in [5.41, 5.74) is 5.49. The third-order valence-electron chi connectivity index (χ3n) is 2.27. The molecule has 5 heteroatoms. The second-order valence-corrected chi connectivity index (χ2v) is 4.31. The van der Waals surface area contributed by atoms with Gasteiger partial charge in [0, 0.05) is 12.6 Å². The van der Waals surface area contributed by atoms with Crippen LogP contribution < -0.4 is 5.73 Å². The zero-order chi connectivity index (χ0) is 11.8. The third-order valence-corrected chi connectivity index (χ3v) is 2.27. The summed E-state index contributed by atoms with van der Waals surface area (Å²) >= 11 is 0. The molecule has 0 radical (unpaired) electrons. The zero-order valence-corrected chi connectivity index (χ0v) is 10.3. The first-order valence-corrected chi connectivity index (χ1v) is 5.32. The van der Waals surface area contributed by atoms with Crippen LogP contribution in [0.15, 0.2) is 5.16 Å². The molecule has 0 aromatic carbocycles. The van der Waals surface area contributed by atoms with Crippen LogP contribution in [0.25, 0.3) is 0 Å². The SMILES string of the molecule is CC(C)N(CCCN(C)C)CC(N)=NO. The lowest BCUT2D eigenvalue weighted by molar-refractivity contribution is 0.232. The largest absolute Gasteiger partial charge is 0.409 e. The molecule has 0 saturated heterocycles. The molecule has 0 aromatic rings. The molecule has 0 spiro atoms. The van der Waals surface area contributed by atoms with E-state index in [0.717, 1.165) is 19.5 Å². The maximum Gasteiger partial charge on any atom is 0.153 e. The Kier molecular flexibility index (Phi) is 7.07. The Morgan fingerprint density at radius 2 is 1.93 bits per heavy atom. The van der Waals surface area contributed by atoms with Gasteiger partial charge in [0.25, 0.3) is 0 Å². The van der Waals surface area contributed by atoms with E-state index in [-0.39, 0.29) is 5.84 Å². The van der Waals surface area contributed by atoms with E-state index in [1.807, 2.05) is 0 Å². The molecule has 0 aromatic heterocycles. The van der Waals surface area contributed by atoms with E-state index in [0.29, 0.717) is 12.6 Å². The molecule has 0 aliphatic carbocycles. The fraction of sp³-hybridized carbons (Fsp3) is 0.900. The summed E-state index contributed by atoms with van der Waals surface area (Å²) in [5.74, 6) is 0.272. The van der Waals surface area contributed by atoms with Crippen molar-refractivity contribution in [1.29, 1.82) is 0 Å². The van der Waals surface area contributed by atoms with E-state index < -0.39 is 0 Å². The molecule has 5 nitrogen and oxygen atoms in total. The van der Waals surface area contributed by atoms with Gasteiger partial charge in [-0.1, -0.05) is 5.16 Å². The highest BCUT2D eigenvalue weighted by Crippen LogP contribution is 1.99. The molecule has 0 aliphatic heterocycles. The summed E-state index contributed by atoms with van der Waals surface area (Å²) in [5, 5.41) is 11.5. The summed E-state index contributed by atoms with van der Waals surface area (Å²) in [4.78, 5) is 4.35. The summed E-state index contributed by atoms with van der Waals surface area (Å²) < 4.78 is 0. The van der Waals surface area contributed by atoms with Gasteiger partial charge >= 0.3 is 0 Å². The highest BCUT2D eigenvalue weighted by molar-refractivity contribution is 5.81. The molecular formula is C10H24N4O. The van der Waals surface area contributed by atoms with Crippen molar-refractivity contribution in [2.24, 2.45) is 10.9 Å². The molecule has 0 heterocycles. The Morgan fingerprint density at radius 1 is 1.33 bits per heavy atom. The van der Waals surface area contributed by atoms with Gasteiger partial charge < -0.3 is 15.8 Å². The first kappa shape index (κ1) is 14.2. The molecular weight excluding hydrogens is 192 g/mol.